The normalized spacial score (nSPS) is 21.8. The first-order chi connectivity index (χ1) is 17.0. The molecule has 2 aliphatic heterocycles. The number of hydrogen-bond donors (Lipinski definition) is 1. The van der Waals surface area contributed by atoms with E-state index in [1.807, 2.05) is 67.6 Å². The van der Waals surface area contributed by atoms with Crippen LogP contribution in [0.4, 0.5) is 0 Å². The van der Waals surface area contributed by atoms with E-state index in [1.54, 1.807) is 9.80 Å². The lowest BCUT2D eigenvalue weighted by atomic mass is 9.76. The fourth-order valence-corrected chi connectivity index (χ4v) is 6.07. The minimum absolute atomic E-state index is 0.0403. The molecule has 4 aromatic rings. The van der Waals surface area contributed by atoms with Crippen LogP contribution in [0.15, 0.2) is 78.9 Å². The molecule has 6 heteroatoms. The number of para-hydroxylation sites is 1. The topological polar surface area (TPSA) is 56.4 Å². The summed E-state index contributed by atoms with van der Waals surface area (Å²) in [7, 11) is 0. The van der Waals surface area contributed by atoms with Crippen molar-refractivity contribution in [2.75, 3.05) is 19.6 Å². The van der Waals surface area contributed by atoms with Crippen LogP contribution in [0, 0.1) is 0 Å². The lowest BCUT2D eigenvalue weighted by Gasteiger charge is -2.51. The van der Waals surface area contributed by atoms with Gasteiger partial charge in [0.05, 0.1) is 12.2 Å². The van der Waals surface area contributed by atoms with Crippen molar-refractivity contribution in [3.63, 3.8) is 0 Å². The molecule has 5 nitrogen and oxygen atoms in total. The van der Waals surface area contributed by atoms with Crippen molar-refractivity contribution in [3.05, 3.63) is 106 Å². The van der Waals surface area contributed by atoms with Gasteiger partial charge in [0, 0.05) is 34.9 Å². The third-order valence-electron chi connectivity index (χ3n) is 7.61. The number of fused-ring (bicyclic) bond motifs is 5. The minimum atomic E-state index is -1.10. The molecule has 35 heavy (non-hydrogen) atoms. The molecule has 0 spiro atoms. The predicted octanol–water partition coefficient (Wildman–Crippen LogP) is 5.10. The second-order valence-electron chi connectivity index (χ2n) is 9.57. The van der Waals surface area contributed by atoms with E-state index in [-0.39, 0.29) is 24.3 Å². The number of carbonyl (C=O) groups excluding carboxylic acids is 2. The molecule has 1 saturated heterocycles. The summed E-state index contributed by atoms with van der Waals surface area (Å²) in [6, 6.07) is 25.9. The maximum atomic E-state index is 14.1. The van der Waals surface area contributed by atoms with Crippen LogP contribution in [0.2, 0.25) is 5.02 Å². The number of nitrogens with one attached hydrogen (secondary N) is 1. The van der Waals surface area contributed by atoms with Crippen LogP contribution in [0.5, 0.6) is 0 Å². The largest absolute Gasteiger partial charge is 0.356 e. The fraction of sp³-hybridized carbons (Fsp3) is 0.241. The zero-order chi connectivity index (χ0) is 24.2. The molecule has 2 atom stereocenters. The zero-order valence-corrected chi connectivity index (χ0v) is 20.3. The quantitative estimate of drug-likeness (QED) is 0.439. The molecule has 176 valence electrons. The summed E-state index contributed by atoms with van der Waals surface area (Å²) in [5.41, 5.74) is 3.82. The fourth-order valence-electron chi connectivity index (χ4n) is 5.80. The van der Waals surface area contributed by atoms with E-state index in [1.165, 1.54) is 0 Å². The Bertz CT molecular complexity index is 1450. The van der Waals surface area contributed by atoms with Gasteiger partial charge in [-0.05, 0) is 42.2 Å². The van der Waals surface area contributed by atoms with Gasteiger partial charge in [0.25, 0.3) is 5.91 Å². The molecule has 0 saturated carbocycles. The summed E-state index contributed by atoms with van der Waals surface area (Å²) < 4.78 is 0. The van der Waals surface area contributed by atoms with Gasteiger partial charge in [-0.25, -0.2) is 0 Å². The summed E-state index contributed by atoms with van der Waals surface area (Å²) in [5.74, 6) is -0.212. The SMILES string of the molecule is CC12C(=O)N(CCc3ccccc3)CC(=O)N1CC(c1ccccc1Cl)c1c2[nH]c2ccccc12. The van der Waals surface area contributed by atoms with Gasteiger partial charge in [-0.2, -0.15) is 0 Å². The number of aromatic nitrogens is 1. The van der Waals surface area contributed by atoms with E-state index in [2.05, 4.69) is 23.2 Å². The summed E-state index contributed by atoms with van der Waals surface area (Å²) >= 11 is 6.65. The number of rotatable bonds is 4. The Hall–Kier alpha value is -3.57. The predicted molar refractivity (Wildman–Crippen MR) is 137 cm³/mol. The highest BCUT2D eigenvalue weighted by atomic mass is 35.5. The van der Waals surface area contributed by atoms with Crippen LogP contribution >= 0.6 is 11.6 Å². The van der Waals surface area contributed by atoms with Gasteiger partial charge in [0.1, 0.15) is 0 Å². The first kappa shape index (κ1) is 21.9. The summed E-state index contributed by atoms with van der Waals surface area (Å²) in [4.78, 5) is 34.7. The highest BCUT2D eigenvalue weighted by molar-refractivity contribution is 6.31. The van der Waals surface area contributed by atoms with Crippen LogP contribution in [0.25, 0.3) is 10.9 Å². The average Bonchev–Trinajstić information content (AvgIpc) is 3.28. The average molecular weight is 484 g/mol. The molecule has 2 aliphatic rings. The number of benzene rings is 3. The molecular formula is C29H26ClN3O2. The van der Waals surface area contributed by atoms with Crippen LogP contribution in [0.1, 0.15) is 35.2 Å². The Kier molecular flexibility index (Phi) is 5.19. The van der Waals surface area contributed by atoms with Crippen molar-refractivity contribution >= 4 is 34.3 Å². The molecule has 0 bridgehead atoms. The highest BCUT2D eigenvalue weighted by Crippen LogP contribution is 2.49. The Morgan fingerprint density at radius 3 is 2.49 bits per heavy atom. The molecule has 2 unspecified atom stereocenters. The summed E-state index contributed by atoms with van der Waals surface area (Å²) in [6.07, 6.45) is 0.706. The number of piperazine rings is 1. The van der Waals surface area contributed by atoms with Gasteiger partial charge in [-0.15, -0.1) is 0 Å². The number of aromatic amines is 1. The van der Waals surface area contributed by atoms with E-state index in [0.29, 0.717) is 24.5 Å². The minimum Gasteiger partial charge on any atom is -0.356 e. The number of hydrogen-bond acceptors (Lipinski definition) is 2. The van der Waals surface area contributed by atoms with E-state index < -0.39 is 5.54 Å². The van der Waals surface area contributed by atoms with E-state index in [4.69, 9.17) is 11.6 Å². The molecule has 0 aliphatic carbocycles. The number of carbonyl (C=O) groups is 2. The van der Waals surface area contributed by atoms with Crippen molar-refractivity contribution in [2.45, 2.75) is 24.8 Å². The van der Waals surface area contributed by atoms with Crippen LogP contribution in [0.3, 0.4) is 0 Å². The van der Waals surface area contributed by atoms with Crippen LogP contribution < -0.4 is 0 Å². The number of nitrogens with zero attached hydrogens (tertiary/aromatic N) is 2. The van der Waals surface area contributed by atoms with Crippen molar-refractivity contribution in [1.29, 1.82) is 0 Å². The van der Waals surface area contributed by atoms with Gasteiger partial charge in [-0.1, -0.05) is 78.3 Å². The van der Waals surface area contributed by atoms with Gasteiger partial charge in [-0.3, -0.25) is 9.59 Å². The Morgan fingerprint density at radius 1 is 0.971 bits per heavy atom. The first-order valence-electron chi connectivity index (χ1n) is 12.0. The van der Waals surface area contributed by atoms with E-state index >= 15 is 0 Å². The third-order valence-corrected chi connectivity index (χ3v) is 7.96. The maximum absolute atomic E-state index is 14.1. The molecule has 0 radical (unpaired) electrons. The Labute approximate surface area is 209 Å². The monoisotopic (exact) mass is 483 g/mol. The van der Waals surface area contributed by atoms with Crippen LogP contribution in [-0.4, -0.2) is 46.2 Å². The van der Waals surface area contributed by atoms with Gasteiger partial charge in [0.2, 0.25) is 5.91 Å². The lowest BCUT2D eigenvalue weighted by molar-refractivity contribution is -0.166. The summed E-state index contributed by atoms with van der Waals surface area (Å²) in [6.45, 7) is 2.89. The number of halogens is 1. The molecule has 1 aromatic heterocycles. The number of H-pyrrole nitrogens is 1. The second-order valence-corrected chi connectivity index (χ2v) is 9.98. The molecule has 3 heterocycles. The maximum Gasteiger partial charge on any atom is 0.254 e. The molecule has 1 fully saturated rings. The number of amides is 2. The van der Waals surface area contributed by atoms with Gasteiger partial charge >= 0.3 is 0 Å². The van der Waals surface area contributed by atoms with Crippen molar-refractivity contribution in [2.24, 2.45) is 0 Å². The Morgan fingerprint density at radius 2 is 1.69 bits per heavy atom. The molecule has 6 rings (SSSR count). The Balaban J connectivity index is 1.47. The molecule has 1 N–H and O–H groups in total. The van der Waals surface area contributed by atoms with Gasteiger partial charge < -0.3 is 14.8 Å². The second kappa shape index (κ2) is 8.28. The smallest absolute Gasteiger partial charge is 0.254 e. The third kappa shape index (κ3) is 3.37. The molecule has 3 aromatic carbocycles. The lowest BCUT2D eigenvalue weighted by Crippen LogP contribution is -2.67. The molecule has 2 amide bonds. The summed E-state index contributed by atoms with van der Waals surface area (Å²) in [5, 5.41) is 1.73. The van der Waals surface area contributed by atoms with E-state index in [9.17, 15) is 9.59 Å². The first-order valence-corrected chi connectivity index (χ1v) is 12.4. The van der Waals surface area contributed by atoms with Crippen molar-refractivity contribution in [1.82, 2.24) is 14.8 Å². The van der Waals surface area contributed by atoms with Crippen molar-refractivity contribution < 1.29 is 9.59 Å². The van der Waals surface area contributed by atoms with E-state index in [0.717, 1.165) is 33.3 Å². The van der Waals surface area contributed by atoms with Crippen LogP contribution in [-0.2, 0) is 21.5 Å². The molecular weight excluding hydrogens is 458 g/mol. The standard InChI is InChI=1S/C29H26ClN3O2/c1-29-27-26(21-12-6-8-14-24(21)31-27)22(20-11-5-7-13-23(20)30)17-33(29)25(34)18-32(28(29)35)16-15-19-9-3-2-4-10-19/h2-14,22,31H,15-18H2,1H3. The van der Waals surface area contributed by atoms with Gasteiger partial charge in [0.15, 0.2) is 5.54 Å². The van der Waals surface area contributed by atoms with Crippen molar-refractivity contribution in [3.8, 4) is 0 Å². The highest BCUT2D eigenvalue weighted by Gasteiger charge is 2.56. The zero-order valence-electron chi connectivity index (χ0n) is 19.5.